The van der Waals surface area contributed by atoms with Crippen molar-refractivity contribution in [2.24, 2.45) is 0 Å². The number of amides is 1. The van der Waals surface area contributed by atoms with E-state index < -0.39 is 0 Å². The second-order valence-corrected chi connectivity index (χ2v) is 9.31. The number of hydrogen-bond donors (Lipinski definition) is 2. The van der Waals surface area contributed by atoms with Crippen molar-refractivity contribution in [3.63, 3.8) is 0 Å². The molecule has 10 nitrogen and oxygen atoms in total. The van der Waals surface area contributed by atoms with Crippen LogP contribution in [0.4, 0.5) is 5.69 Å². The van der Waals surface area contributed by atoms with E-state index >= 15 is 0 Å². The summed E-state index contributed by atoms with van der Waals surface area (Å²) in [5.74, 6) is 1.75. The molecule has 0 aliphatic rings. The normalized spacial score (nSPS) is 11.0. The molecule has 0 fully saturated rings. The Morgan fingerprint density at radius 3 is 2.44 bits per heavy atom. The summed E-state index contributed by atoms with van der Waals surface area (Å²) >= 11 is 1.14. The summed E-state index contributed by atoms with van der Waals surface area (Å²) in [6.45, 7) is 0. The molecule has 39 heavy (non-hydrogen) atoms. The summed E-state index contributed by atoms with van der Waals surface area (Å²) in [4.78, 5) is 34.8. The minimum Gasteiger partial charge on any atom is -0.497 e. The molecule has 5 aromatic rings. The smallest absolute Gasteiger partial charge is 0.283 e. The first-order valence-corrected chi connectivity index (χ1v) is 12.9. The number of hydrogen-bond acceptors (Lipinski definition) is 8. The Morgan fingerprint density at radius 2 is 1.69 bits per heavy atom. The van der Waals surface area contributed by atoms with Gasteiger partial charge >= 0.3 is 0 Å². The predicted octanol–water partition coefficient (Wildman–Crippen LogP) is 4.63. The van der Waals surface area contributed by atoms with Gasteiger partial charge in [0.05, 0.1) is 45.6 Å². The van der Waals surface area contributed by atoms with E-state index in [1.54, 1.807) is 50.6 Å². The lowest BCUT2D eigenvalue weighted by atomic mass is 10.2. The highest BCUT2D eigenvalue weighted by Gasteiger charge is 2.20. The Kier molecular flexibility index (Phi) is 7.33. The van der Waals surface area contributed by atoms with Gasteiger partial charge in [0.2, 0.25) is 5.91 Å². The van der Waals surface area contributed by atoms with Crippen molar-refractivity contribution in [1.29, 1.82) is 0 Å². The number of aromatic nitrogens is 3. The minimum absolute atomic E-state index is 0.0111. The molecular weight excluding hydrogens is 520 g/mol. The van der Waals surface area contributed by atoms with Crippen LogP contribution in [0.25, 0.3) is 27.6 Å². The highest BCUT2D eigenvalue weighted by Crippen LogP contribution is 2.32. The van der Waals surface area contributed by atoms with Crippen molar-refractivity contribution in [2.45, 2.75) is 5.16 Å². The van der Waals surface area contributed by atoms with E-state index in [9.17, 15) is 9.59 Å². The number of carbonyl (C=O) groups is 1. The van der Waals surface area contributed by atoms with Gasteiger partial charge in [-0.25, -0.2) is 4.98 Å². The largest absolute Gasteiger partial charge is 0.497 e. The van der Waals surface area contributed by atoms with E-state index in [0.29, 0.717) is 50.6 Å². The molecule has 2 N–H and O–H groups in total. The second kappa shape index (κ2) is 11.0. The van der Waals surface area contributed by atoms with Crippen LogP contribution in [0.3, 0.4) is 0 Å². The average Bonchev–Trinajstić information content (AvgIpc) is 3.35. The molecule has 5 rings (SSSR count). The fraction of sp³-hybridized carbons (Fsp3) is 0.179. The average molecular weight is 547 g/mol. The van der Waals surface area contributed by atoms with Crippen LogP contribution in [-0.2, 0) is 4.79 Å². The lowest BCUT2D eigenvalue weighted by molar-refractivity contribution is -0.113. The second-order valence-electron chi connectivity index (χ2n) is 8.37. The van der Waals surface area contributed by atoms with Gasteiger partial charge in [-0.2, -0.15) is 0 Å². The van der Waals surface area contributed by atoms with Gasteiger partial charge in [0.1, 0.15) is 22.5 Å². The maximum atomic E-state index is 13.8. The van der Waals surface area contributed by atoms with Crippen molar-refractivity contribution in [3.05, 3.63) is 71.0 Å². The monoisotopic (exact) mass is 546 g/mol. The number of aromatic amines is 1. The number of rotatable bonds is 9. The standard InChI is InChI=1S/C28H26N4O6S/c1-35-17-10-11-20(22(14-17)37-3)29-24(33)15-39-28-31-25-18-7-5-6-8-19(18)30-26(25)27(34)32(28)16-9-12-21(36-2)23(13-16)38-4/h5-14,30H,15H2,1-4H3,(H,29,33). The third-order valence-electron chi connectivity index (χ3n) is 6.13. The van der Waals surface area contributed by atoms with Crippen molar-refractivity contribution in [3.8, 4) is 28.7 Å². The molecule has 0 saturated carbocycles. The van der Waals surface area contributed by atoms with E-state index in [1.807, 2.05) is 24.3 Å². The Hall–Kier alpha value is -4.64. The van der Waals surface area contributed by atoms with E-state index in [2.05, 4.69) is 10.3 Å². The number of para-hydroxylation sites is 1. The maximum absolute atomic E-state index is 13.8. The number of fused-ring (bicyclic) bond motifs is 3. The molecule has 0 aliphatic heterocycles. The van der Waals surface area contributed by atoms with Crippen LogP contribution in [0.5, 0.6) is 23.0 Å². The van der Waals surface area contributed by atoms with E-state index in [0.717, 1.165) is 22.7 Å². The molecule has 11 heteroatoms. The number of nitrogens with zero attached hydrogens (tertiary/aromatic N) is 2. The molecule has 0 saturated heterocycles. The van der Waals surface area contributed by atoms with Crippen molar-refractivity contribution < 1.29 is 23.7 Å². The summed E-state index contributed by atoms with van der Waals surface area (Å²) in [7, 11) is 6.14. The van der Waals surface area contributed by atoms with Gasteiger partial charge in [-0.05, 0) is 30.3 Å². The van der Waals surface area contributed by atoms with E-state index in [4.69, 9.17) is 23.9 Å². The molecule has 0 spiro atoms. The van der Waals surface area contributed by atoms with Crippen LogP contribution in [0.1, 0.15) is 0 Å². The number of anilines is 1. The maximum Gasteiger partial charge on any atom is 0.283 e. The van der Waals surface area contributed by atoms with E-state index in [-0.39, 0.29) is 17.2 Å². The molecule has 0 aliphatic carbocycles. The van der Waals surface area contributed by atoms with Crippen LogP contribution in [0, 0.1) is 0 Å². The van der Waals surface area contributed by atoms with Gasteiger partial charge in [0.25, 0.3) is 5.56 Å². The molecule has 3 aromatic carbocycles. The summed E-state index contributed by atoms with van der Waals surface area (Å²) in [6, 6.07) is 17.8. The Balaban J connectivity index is 1.55. The molecule has 2 aromatic heterocycles. The molecule has 0 radical (unpaired) electrons. The number of ether oxygens (including phenoxy) is 4. The van der Waals surface area contributed by atoms with Gasteiger partial charge in [-0.15, -0.1) is 0 Å². The van der Waals surface area contributed by atoms with Crippen molar-refractivity contribution in [2.75, 3.05) is 39.5 Å². The predicted molar refractivity (Wildman–Crippen MR) is 151 cm³/mol. The number of thioether (sulfide) groups is 1. The number of methoxy groups -OCH3 is 4. The first kappa shape index (κ1) is 26.0. The van der Waals surface area contributed by atoms with Crippen LogP contribution < -0.4 is 29.8 Å². The Morgan fingerprint density at radius 1 is 0.923 bits per heavy atom. The summed E-state index contributed by atoms with van der Waals surface area (Å²) in [6.07, 6.45) is 0. The summed E-state index contributed by atoms with van der Waals surface area (Å²) in [5.41, 5.74) is 2.41. The topological polar surface area (TPSA) is 117 Å². The lowest BCUT2D eigenvalue weighted by Gasteiger charge is -2.15. The molecule has 0 unspecified atom stereocenters. The van der Waals surface area contributed by atoms with Gasteiger partial charge < -0.3 is 29.2 Å². The highest BCUT2D eigenvalue weighted by atomic mass is 32.2. The van der Waals surface area contributed by atoms with Crippen LogP contribution in [0.2, 0.25) is 0 Å². The van der Waals surface area contributed by atoms with Crippen LogP contribution in [-0.4, -0.2) is 54.6 Å². The van der Waals surface area contributed by atoms with Crippen LogP contribution >= 0.6 is 11.8 Å². The van der Waals surface area contributed by atoms with Crippen molar-refractivity contribution in [1.82, 2.24) is 14.5 Å². The molecule has 200 valence electrons. The third-order valence-corrected chi connectivity index (χ3v) is 7.07. The Labute approximate surface area is 227 Å². The highest BCUT2D eigenvalue weighted by molar-refractivity contribution is 7.99. The minimum atomic E-state index is -0.303. The zero-order valence-corrected chi connectivity index (χ0v) is 22.5. The number of benzene rings is 3. The number of H-pyrrole nitrogens is 1. The zero-order valence-electron chi connectivity index (χ0n) is 21.7. The quantitative estimate of drug-likeness (QED) is 0.203. The fourth-order valence-electron chi connectivity index (χ4n) is 4.25. The third kappa shape index (κ3) is 4.96. The lowest BCUT2D eigenvalue weighted by Crippen LogP contribution is -2.23. The van der Waals surface area contributed by atoms with Crippen molar-refractivity contribution >= 4 is 45.3 Å². The van der Waals surface area contributed by atoms with Gasteiger partial charge in [0.15, 0.2) is 16.7 Å². The first-order valence-electron chi connectivity index (χ1n) is 11.9. The van der Waals surface area contributed by atoms with Gasteiger partial charge in [-0.3, -0.25) is 14.2 Å². The fourth-order valence-corrected chi connectivity index (χ4v) is 5.05. The zero-order chi connectivity index (χ0) is 27.5. The SMILES string of the molecule is COc1ccc(NC(=O)CSc2nc3c([nH]c4ccccc43)c(=O)n2-c2ccc(OC)c(OC)c2)c(OC)c1. The number of nitrogens with one attached hydrogen (secondary N) is 2. The van der Waals surface area contributed by atoms with Crippen LogP contribution in [0.15, 0.2) is 70.6 Å². The number of carbonyl (C=O) groups excluding carboxylic acids is 1. The van der Waals surface area contributed by atoms with Gasteiger partial charge in [-0.1, -0.05) is 30.0 Å². The summed E-state index contributed by atoms with van der Waals surface area (Å²) < 4.78 is 22.9. The summed E-state index contributed by atoms with van der Waals surface area (Å²) in [5, 5.41) is 4.02. The Bertz CT molecular complexity index is 1750. The molecule has 2 heterocycles. The first-order chi connectivity index (χ1) is 19.0. The molecular formula is C28H26N4O6S. The van der Waals surface area contributed by atoms with E-state index in [1.165, 1.54) is 18.8 Å². The molecule has 0 bridgehead atoms. The molecule has 1 amide bonds. The molecule has 0 atom stereocenters. The van der Waals surface area contributed by atoms with Gasteiger partial charge in [0, 0.05) is 23.0 Å².